The molecule has 0 radical (unpaired) electrons. The first-order valence-corrected chi connectivity index (χ1v) is 5.48. The Kier molecular flexibility index (Phi) is 2.58. The van der Waals surface area contributed by atoms with Gasteiger partial charge in [0.15, 0.2) is 11.5 Å². The van der Waals surface area contributed by atoms with Gasteiger partial charge in [-0.1, -0.05) is 30.3 Å². The van der Waals surface area contributed by atoms with E-state index in [-0.39, 0.29) is 6.79 Å². The number of rotatable bonds is 3. The highest BCUT2D eigenvalue weighted by atomic mass is 16.7. The Morgan fingerprint density at radius 3 is 2.65 bits per heavy atom. The highest BCUT2D eigenvalue weighted by Crippen LogP contribution is 2.35. The van der Waals surface area contributed by atoms with Crippen LogP contribution in [0.15, 0.2) is 48.5 Å². The van der Waals surface area contributed by atoms with E-state index in [9.17, 15) is 0 Å². The highest BCUT2D eigenvalue weighted by molar-refractivity contribution is 5.46. The summed E-state index contributed by atoms with van der Waals surface area (Å²) in [6, 6.07) is 15.7. The summed E-state index contributed by atoms with van der Waals surface area (Å²) in [5, 5.41) is 0. The molecule has 0 N–H and O–H groups in total. The first-order chi connectivity index (χ1) is 8.42. The lowest BCUT2D eigenvalue weighted by molar-refractivity contribution is 0.173. The Bertz CT molecular complexity index is 508. The van der Waals surface area contributed by atoms with E-state index in [1.165, 1.54) is 0 Å². The van der Waals surface area contributed by atoms with E-state index in [0.29, 0.717) is 6.61 Å². The van der Waals surface area contributed by atoms with Gasteiger partial charge in [0.2, 0.25) is 6.79 Å². The largest absolute Gasteiger partial charge is 0.489 e. The van der Waals surface area contributed by atoms with Crippen molar-refractivity contribution in [3.8, 4) is 17.2 Å². The van der Waals surface area contributed by atoms with Gasteiger partial charge in [-0.2, -0.15) is 0 Å². The molecular weight excluding hydrogens is 216 g/mol. The van der Waals surface area contributed by atoms with E-state index in [0.717, 1.165) is 22.8 Å². The molecule has 0 atom stereocenters. The number of ether oxygens (including phenoxy) is 3. The molecule has 0 aliphatic carbocycles. The molecule has 0 saturated carbocycles. The summed E-state index contributed by atoms with van der Waals surface area (Å²) >= 11 is 0. The van der Waals surface area contributed by atoms with E-state index >= 15 is 0 Å². The molecule has 2 aromatic rings. The monoisotopic (exact) mass is 228 g/mol. The summed E-state index contributed by atoms with van der Waals surface area (Å²) in [5.41, 5.74) is 1.14. The van der Waals surface area contributed by atoms with Crippen molar-refractivity contribution in [3.05, 3.63) is 54.1 Å². The fraction of sp³-hybridized carbons (Fsp3) is 0.143. The molecular formula is C14H12O3. The van der Waals surface area contributed by atoms with Crippen molar-refractivity contribution in [2.75, 3.05) is 6.79 Å². The van der Waals surface area contributed by atoms with Crippen LogP contribution < -0.4 is 14.2 Å². The molecule has 3 nitrogen and oxygen atoms in total. The first-order valence-electron chi connectivity index (χ1n) is 5.48. The lowest BCUT2D eigenvalue weighted by Gasteiger charge is -2.06. The third-order valence-corrected chi connectivity index (χ3v) is 2.59. The topological polar surface area (TPSA) is 27.7 Å². The van der Waals surface area contributed by atoms with Gasteiger partial charge in [-0.25, -0.2) is 0 Å². The summed E-state index contributed by atoms with van der Waals surface area (Å²) in [4.78, 5) is 0. The van der Waals surface area contributed by atoms with E-state index < -0.39 is 0 Å². The van der Waals surface area contributed by atoms with Crippen molar-refractivity contribution < 1.29 is 14.2 Å². The second-order valence-electron chi connectivity index (χ2n) is 3.79. The molecule has 3 heteroatoms. The van der Waals surface area contributed by atoms with Crippen LogP contribution in [0.4, 0.5) is 0 Å². The van der Waals surface area contributed by atoms with E-state index in [1.807, 2.05) is 48.5 Å². The molecule has 0 spiro atoms. The maximum absolute atomic E-state index is 5.68. The van der Waals surface area contributed by atoms with Crippen molar-refractivity contribution >= 4 is 0 Å². The average molecular weight is 228 g/mol. The van der Waals surface area contributed by atoms with Crippen molar-refractivity contribution in [1.29, 1.82) is 0 Å². The van der Waals surface area contributed by atoms with E-state index in [2.05, 4.69) is 0 Å². The van der Waals surface area contributed by atoms with Crippen LogP contribution in [0.25, 0.3) is 0 Å². The molecule has 0 aromatic heterocycles. The maximum atomic E-state index is 5.68. The van der Waals surface area contributed by atoms with Crippen LogP contribution >= 0.6 is 0 Å². The number of benzene rings is 2. The van der Waals surface area contributed by atoms with Crippen molar-refractivity contribution in [3.63, 3.8) is 0 Å². The molecule has 0 saturated heterocycles. The quantitative estimate of drug-likeness (QED) is 0.808. The molecule has 1 heterocycles. The minimum absolute atomic E-state index is 0.289. The third kappa shape index (κ3) is 2.18. The summed E-state index contributed by atoms with van der Waals surface area (Å²) in [6.07, 6.45) is 0. The molecule has 1 aliphatic heterocycles. The van der Waals surface area contributed by atoms with Crippen LogP contribution in [0.3, 0.4) is 0 Å². The zero-order valence-electron chi connectivity index (χ0n) is 9.26. The van der Waals surface area contributed by atoms with Crippen molar-refractivity contribution in [1.82, 2.24) is 0 Å². The second-order valence-corrected chi connectivity index (χ2v) is 3.79. The number of hydrogen-bond donors (Lipinski definition) is 0. The molecule has 0 fully saturated rings. The standard InChI is InChI=1S/C14H12O3/c1-2-4-11(5-3-1)9-15-12-6-7-13-14(8-12)17-10-16-13/h1-8H,9-10H2. The predicted molar refractivity (Wildman–Crippen MR) is 63.3 cm³/mol. The Hall–Kier alpha value is -2.16. The van der Waals surface area contributed by atoms with Crippen LogP contribution in [0.1, 0.15) is 5.56 Å². The molecule has 1 aliphatic rings. The van der Waals surface area contributed by atoms with Gasteiger partial charge in [0.1, 0.15) is 12.4 Å². The van der Waals surface area contributed by atoms with Crippen molar-refractivity contribution in [2.24, 2.45) is 0 Å². The predicted octanol–water partition coefficient (Wildman–Crippen LogP) is 2.99. The zero-order chi connectivity index (χ0) is 11.5. The summed E-state index contributed by atoms with van der Waals surface area (Å²) in [5.74, 6) is 2.31. The van der Waals surface area contributed by atoms with Crippen LogP contribution in [0.5, 0.6) is 17.2 Å². The Balaban J connectivity index is 1.70. The minimum Gasteiger partial charge on any atom is -0.489 e. The number of hydrogen-bond acceptors (Lipinski definition) is 3. The summed E-state index contributed by atoms with van der Waals surface area (Å²) in [6.45, 7) is 0.845. The van der Waals surface area contributed by atoms with Crippen LogP contribution in [-0.4, -0.2) is 6.79 Å². The van der Waals surface area contributed by atoms with E-state index in [1.54, 1.807) is 0 Å². The van der Waals surface area contributed by atoms with Crippen LogP contribution in [0.2, 0.25) is 0 Å². The van der Waals surface area contributed by atoms with Gasteiger partial charge in [-0.15, -0.1) is 0 Å². The molecule has 86 valence electrons. The van der Waals surface area contributed by atoms with Gasteiger partial charge in [0.05, 0.1) is 0 Å². The lowest BCUT2D eigenvalue weighted by Crippen LogP contribution is -1.94. The molecule has 0 unspecified atom stereocenters. The first kappa shape index (κ1) is 10.0. The highest BCUT2D eigenvalue weighted by Gasteiger charge is 2.13. The zero-order valence-corrected chi connectivity index (χ0v) is 9.26. The maximum Gasteiger partial charge on any atom is 0.231 e. The molecule has 2 aromatic carbocycles. The van der Waals surface area contributed by atoms with Gasteiger partial charge in [0, 0.05) is 6.07 Å². The van der Waals surface area contributed by atoms with Gasteiger partial charge < -0.3 is 14.2 Å². The van der Waals surface area contributed by atoms with Crippen molar-refractivity contribution in [2.45, 2.75) is 6.61 Å². The van der Waals surface area contributed by atoms with Crippen LogP contribution in [-0.2, 0) is 6.61 Å². The van der Waals surface area contributed by atoms with Gasteiger partial charge >= 0.3 is 0 Å². The Morgan fingerprint density at radius 2 is 1.76 bits per heavy atom. The Labute approximate surface area is 99.6 Å². The smallest absolute Gasteiger partial charge is 0.231 e. The summed E-state index contributed by atoms with van der Waals surface area (Å²) in [7, 11) is 0. The molecule has 0 amide bonds. The fourth-order valence-electron chi connectivity index (χ4n) is 1.71. The third-order valence-electron chi connectivity index (χ3n) is 2.59. The molecule has 17 heavy (non-hydrogen) atoms. The average Bonchev–Trinajstić information content (AvgIpc) is 2.85. The molecule has 3 rings (SSSR count). The molecule has 0 bridgehead atoms. The fourth-order valence-corrected chi connectivity index (χ4v) is 1.71. The van der Waals surface area contributed by atoms with Gasteiger partial charge in [-0.05, 0) is 17.7 Å². The minimum atomic E-state index is 0.289. The Morgan fingerprint density at radius 1 is 0.941 bits per heavy atom. The normalized spacial score (nSPS) is 12.5. The van der Waals surface area contributed by atoms with Gasteiger partial charge in [0.25, 0.3) is 0 Å². The summed E-state index contributed by atoms with van der Waals surface area (Å²) < 4.78 is 16.2. The lowest BCUT2D eigenvalue weighted by atomic mass is 10.2. The van der Waals surface area contributed by atoms with Crippen LogP contribution in [0, 0.1) is 0 Å². The second kappa shape index (κ2) is 4.37. The number of fused-ring (bicyclic) bond motifs is 1. The van der Waals surface area contributed by atoms with Gasteiger partial charge in [-0.3, -0.25) is 0 Å². The SMILES string of the molecule is c1ccc(COc2ccc3c(c2)OCO3)cc1. The van der Waals surface area contributed by atoms with E-state index in [4.69, 9.17) is 14.2 Å².